The smallest absolute Gasteiger partial charge is 0.0969 e. The molecule has 2 nitrogen and oxygen atoms in total. The average Bonchev–Trinajstić information content (AvgIpc) is 2.49. The maximum absolute atomic E-state index is 9.38. The van der Waals surface area contributed by atoms with Gasteiger partial charge in [0, 0.05) is 0 Å². The van der Waals surface area contributed by atoms with Crippen LogP contribution in [0.25, 0.3) is 0 Å². The minimum absolute atomic E-state index is 0.0451. The lowest BCUT2D eigenvalue weighted by molar-refractivity contribution is 0.0312. The van der Waals surface area contributed by atoms with Crippen LogP contribution in [0.4, 0.5) is 0 Å². The van der Waals surface area contributed by atoms with Gasteiger partial charge in [0.15, 0.2) is 0 Å². The fraction of sp³-hybridized carbons (Fsp3) is 0.250. The van der Waals surface area contributed by atoms with E-state index in [4.69, 9.17) is 4.74 Å². The molecule has 2 aromatic carbocycles. The minimum Gasteiger partial charge on any atom is -0.395 e. The van der Waals surface area contributed by atoms with Crippen molar-refractivity contribution in [2.24, 2.45) is 0 Å². The van der Waals surface area contributed by atoms with Crippen molar-refractivity contribution in [3.63, 3.8) is 0 Å². The van der Waals surface area contributed by atoms with Gasteiger partial charge in [-0.1, -0.05) is 83.3 Å². The van der Waals surface area contributed by atoms with Crippen LogP contribution in [-0.4, -0.2) is 15.6 Å². The van der Waals surface area contributed by atoms with Gasteiger partial charge in [0.05, 0.1) is 23.2 Å². The van der Waals surface area contributed by atoms with E-state index in [1.807, 2.05) is 60.7 Å². The van der Waals surface area contributed by atoms with E-state index >= 15 is 0 Å². The van der Waals surface area contributed by atoms with Crippen LogP contribution >= 0.6 is 22.6 Å². The molecule has 3 heteroatoms. The van der Waals surface area contributed by atoms with Crippen molar-refractivity contribution in [2.75, 3.05) is 6.61 Å². The summed E-state index contributed by atoms with van der Waals surface area (Å²) >= 11 is 2.24. The molecule has 0 spiro atoms. The Balaban J connectivity index is 2.07. The summed E-state index contributed by atoms with van der Waals surface area (Å²) in [5, 5.41) is 9.38. The number of ether oxygens (including phenoxy) is 1. The molecule has 1 N–H and O–H groups in total. The number of rotatable bonds is 6. The molecule has 0 aliphatic heterocycles. The molecule has 2 aromatic rings. The Bertz CT molecular complexity index is 473. The van der Waals surface area contributed by atoms with Crippen molar-refractivity contribution in [1.82, 2.24) is 0 Å². The zero-order valence-corrected chi connectivity index (χ0v) is 12.7. The summed E-state index contributed by atoms with van der Waals surface area (Å²) in [5.41, 5.74) is 2.25. The highest BCUT2D eigenvalue weighted by molar-refractivity contribution is 14.1. The van der Waals surface area contributed by atoms with E-state index in [0.717, 1.165) is 11.1 Å². The van der Waals surface area contributed by atoms with Crippen LogP contribution in [-0.2, 0) is 11.3 Å². The lowest BCUT2D eigenvalue weighted by Gasteiger charge is -2.22. The van der Waals surface area contributed by atoms with E-state index in [0.29, 0.717) is 6.61 Å². The number of benzene rings is 2. The van der Waals surface area contributed by atoms with Crippen LogP contribution in [0.1, 0.15) is 17.2 Å². The van der Waals surface area contributed by atoms with Crippen LogP contribution < -0.4 is 0 Å². The fourth-order valence-electron chi connectivity index (χ4n) is 1.91. The zero-order valence-electron chi connectivity index (χ0n) is 10.6. The fourth-order valence-corrected chi connectivity index (χ4v) is 2.53. The first kappa shape index (κ1) is 14.5. The Morgan fingerprint density at radius 2 is 1.53 bits per heavy atom. The van der Waals surface area contributed by atoms with E-state index < -0.39 is 0 Å². The van der Waals surface area contributed by atoms with Gasteiger partial charge in [0.1, 0.15) is 0 Å². The number of aliphatic hydroxyl groups is 1. The molecule has 19 heavy (non-hydrogen) atoms. The highest BCUT2D eigenvalue weighted by Crippen LogP contribution is 2.27. The van der Waals surface area contributed by atoms with Crippen molar-refractivity contribution in [3.8, 4) is 0 Å². The lowest BCUT2D eigenvalue weighted by Crippen LogP contribution is -2.19. The third-order valence-corrected chi connectivity index (χ3v) is 3.95. The summed E-state index contributed by atoms with van der Waals surface area (Å²) in [5.74, 6) is 0. The van der Waals surface area contributed by atoms with Gasteiger partial charge >= 0.3 is 0 Å². The summed E-state index contributed by atoms with van der Waals surface area (Å²) in [4.78, 5) is 0. The number of alkyl halides is 1. The van der Waals surface area contributed by atoms with E-state index in [1.165, 1.54) is 0 Å². The molecule has 0 aliphatic carbocycles. The summed E-state index contributed by atoms with van der Waals surface area (Å²) in [6, 6.07) is 20.1. The molecule has 0 amide bonds. The van der Waals surface area contributed by atoms with Gasteiger partial charge in [-0.3, -0.25) is 0 Å². The molecule has 0 aromatic heterocycles. The van der Waals surface area contributed by atoms with Crippen LogP contribution in [0.2, 0.25) is 0 Å². The van der Waals surface area contributed by atoms with Gasteiger partial charge in [-0.15, -0.1) is 0 Å². The number of halogens is 1. The molecular weight excluding hydrogens is 351 g/mol. The monoisotopic (exact) mass is 368 g/mol. The molecule has 0 heterocycles. The van der Waals surface area contributed by atoms with Crippen molar-refractivity contribution < 1.29 is 9.84 Å². The van der Waals surface area contributed by atoms with Crippen molar-refractivity contribution in [3.05, 3.63) is 71.8 Å². The Kier molecular flexibility index (Phi) is 5.82. The maximum Gasteiger partial charge on any atom is 0.0969 e. The van der Waals surface area contributed by atoms with Gasteiger partial charge in [-0.05, 0) is 11.1 Å². The third kappa shape index (κ3) is 4.30. The van der Waals surface area contributed by atoms with Crippen LogP contribution in [0, 0.1) is 0 Å². The van der Waals surface area contributed by atoms with Crippen LogP contribution in [0.3, 0.4) is 0 Å². The van der Waals surface area contributed by atoms with Crippen molar-refractivity contribution >= 4 is 22.6 Å². The van der Waals surface area contributed by atoms with E-state index in [-0.39, 0.29) is 16.6 Å². The van der Waals surface area contributed by atoms with E-state index in [2.05, 4.69) is 22.6 Å². The zero-order chi connectivity index (χ0) is 13.5. The molecule has 0 saturated carbocycles. The first-order valence-electron chi connectivity index (χ1n) is 6.26. The van der Waals surface area contributed by atoms with E-state index in [1.54, 1.807) is 0 Å². The van der Waals surface area contributed by atoms with E-state index in [9.17, 15) is 5.11 Å². The van der Waals surface area contributed by atoms with Crippen molar-refractivity contribution in [2.45, 2.75) is 16.6 Å². The molecule has 0 bridgehead atoms. The Morgan fingerprint density at radius 1 is 0.947 bits per heavy atom. The molecule has 0 unspecified atom stereocenters. The third-order valence-electron chi connectivity index (χ3n) is 2.90. The molecule has 2 rings (SSSR count). The standard InChI is InChI=1S/C16H17IO2/c17-15(11-18)16(14-9-5-2-6-10-14)19-12-13-7-3-1-4-8-13/h1-10,15-16,18H,11-12H2/t15-,16+/m1/s1. The van der Waals surface area contributed by atoms with Gasteiger partial charge in [0.2, 0.25) is 0 Å². The predicted molar refractivity (Wildman–Crippen MR) is 85.3 cm³/mol. The summed E-state index contributed by atoms with van der Waals surface area (Å²) in [6.07, 6.45) is -0.0907. The minimum atomic E-state index is -0.0907. The first-order valence-corrected chi connectivity index (χ1v) is 7.51. The highest BCUT2D eigenvalue weighted by Gasteiger charge is 2.20. The normalized spacial score (nSPS) is 14.0. The predicted octanol–water partition coefficient (Wildman–Crippen LogP) is 3.74. The molecular formula is C16H17IO2. The van der Waals surface area contributed by atoms with Crippen LogP contribution in [0.15, 0.2) is 60.7 Å². The molecule has 2 atom stereocenters. The lowest BCUT2D eigenvalue weighted by atomic mass is 10.1. The number of hydrogen-bond donors (Lipinski definition) is 1. The van der Waals surface area contributed by atoms with Gasteiger partial charge in [-0.2, -0.15) is 0 Å². The topological polar surface area (TPSA) is 29.5 Å². The Hall–Kier alpha value is -0.910. The number of hydrogen-bond acceptors (Lipinski definition) is 2. The quantitative estimate of drug-likeness (QED) is 0.622. The van der Waals surface area contributed by atoms with Gasteiger partial charge in [0.25, 0.3) is 0 Å². The summed E-state index contributed by atoms with van der Waals surface area (Å²) in [7, 11) is 0. The number of aliphatic hydroxyl groups excluding tert-OH is 1. The highest BCUT2D eigenvalue weighted by atomic mass is 127. The molecule has 100 valence electrons. The largest absolute Gasteiger partial charge is 0.395 e. The first-order chi connectivity index (χ1) is 9.31. The van der Waals surface area contributed by atoms with Gasteiger partial charge in [-0.25, -0.2) is 0 Å². The molecule has 0 fully saturated rings. The second-order valence-electron chi connectivity index (χ2n) is 4.33. The molecule has 0 aliphatic rings. The Morgan fingerprint density at radius 3 is 2.11 bits per heavy atom. The summed E-state index contributed by atoms with van der Waals surface area (Å²) in [6.45, 7) is 0.662. The maximum atomic E-state index is 9.38. The van der Waals surface area contributed by atoms with Gasteiger partial charge < -0.3 is 9.84 Å². The second kappa shape index (κ2) is 7.62. The average molecular weight is 368 g/mol. The molecule has 0 radical (unpaired) electrons. The second-order valence-corrected chi connectivity index (χ2v) is 5.93. The SMILES string of the molecule is OC[C@@H](I)[C@@H](OCc1ccccc1)c1ccccc1. The molecule has 0 saturated heterocycles. The van der Waals surface area contributed by atoms with Crippen molar-refractivity contribution in [1.29, 1.82) is 0 Å². The van der Waals surface area contributed by atoms with Crippen LogP contribution in [0.5, 0.6) is 0 Å². The summed E-state index contributed by atoms with van der Waals surface area (Å²) < 4.78 is 6.04. The Labute approximate surface area is 127 Å².